The summed E-state index contributed by atoms with van der Waals surface area (Å²) in [6.45, 7) is 0.789. The molecule has 3 heterocycles. The zero-order valence-corrected chi connectivity index (χ0v) is 12.6. The number of thiophene rings is 1. The van der Waals surface area contributed by atoms with Gasteiger partial charge >= 0.3 is 5.97 Å². The lowest BCUT2D eigenvalue weighted by Crippen LogP contribution is -2.19. The van der Waals surface area contributed by atoms with E-state index in [4.69, 9.17) is 4.74 Å². The predicted octanol–water partition coefficient (Wildman–Crippen LogP) is 2.71. The van der Waals surface area contributed by atoms with Crippen LogP contribution in [0.15, 0.2) is 52.9 Å². The van der Waals surface area contributed by atoms with Gasteiger partial charge in [-0.15, -0.1) is 11.3 Å². The van der Waals surface area contributed by atoms with Crippen LogP contribution in [0.1, 0.15) is 16.8 Å². The molecule has 0 radical (unpaired) electrons. The first-order valence-electron chi connectivity index (χ1n) is 6.90. The first-order chi connectivity index (χ1) is 10.7. The summed E-state index contributed by atoms with van der Waals surface area (Å²) in [6.07, 6.45) is 3.84. The molecule has 0 N–H and O–H groups in total. The Morgan fingerprint density at radius 1 is 1.32 bits per heavy atom. The Bertz CT molecular complexity index is 853. The average Bonchev–Trinajstić information content (AvgIpc) is 3.00. The molecule has 0 saturated heterocycles. The van der Waals surface area contributed by atoms with Gasteiger partial charge in [-0.25, -0.2) is 4.79 Å². The van der Waals surface area contributed by atoms with Gasteiger partial charge in [0.25, 0.3) is 0 Å². The van der Waals surface area contributed by atoms with E-state index in [9.17, 15) is 9.59 Å². The molecule has 0 aliphatic heterocycles. The molecule has 0 saturated carbocycles. The Morgan fingerprint density at radius 3 is 3.09 bits per heavy atom. The fourth-order valence-electron chi connectivity index (χ4n) is 2.09. The van der Waals surface area contributed by atoms with Crippen LogP contribution in [0.4, 0.5) is 0 Å². The largest absolute Gasteiger partial charge is 0.462 e. The van der Waals surface area contributed by atoms with Crippen LogP contribution in [0.5, 0.6) is 0 Å². The number of rotatable bonds is 5. The van der Waals surface area contributed by atoms with Crippen LogP contribution in [0.3, 0.4) is 0 Å². The van der Waals surface area contributed by atoms with Crippen LogP contribution >= 0.6 is 11.3 Å². The van der Waals surface area contributed by atoms with E-state index in [-0.39, 0.29) is 18.1 Å². The summed E-state index contributed by atoms with van der Waals surface area (Å²) in [5.74, 6) is -0.386. The van der Waals surface area contributed by atoms with Gasteiger partial charge in [-0.1, -0.05) is 6.07 Å². The molecule has 6 heteroatoms. The summed E-state index contributed by atoms with van der Waals surface area (Å²) in [7, 11) is 0. The highest BCUT2D eigenvalue weighted by atomic mass is 32.1. The fourth-order valence-corrected chi connectivity index (χ4v) is 2.87. The molecule has 3 rings (SSSR count). The van der Waals surface area contributed by atoms with Crippen LogP contribution in [-0.2, 0) is 11.3 Å². The van der Waals surface area contributed by atoms with Gasteiger partial charge in [-0.3, -0.25) is 9.78 Å². The third-order valence-electron chi connectivity index (χ3n) is 3.21. The Hall–Kier alpha value is -2.47. The second-order valence-electron chi connectivity index (χ2n) is 4.75. The van der Waals surface area contributed by atoms with Crippen molar-refractivity contribution in [2.45, 2.75) is 13.0 Å². The molecule has 0 fully saturated rings. The van der Waals surface area contributed by atoms with Crippen LogP contribution in [0, 0.1) is 0 Å². The van der Waals surface area contributed by atoms with Gasteiger partial charge in [0, 0.05) is 25.0 Å². The molecule has 0 unspecified atom stereocenters. The second-order valence-corrected chi connectivity index (χ2v) is 5.70. The quantitative estimate of drug-likeness (QED) is 0.536. The van der Waals surface area contributed by atoms with Gasteiger partial charge in [0.15, 0.2) is 0 Å². The summed E-state index contributed by atoms with van der Waals surface area (Å²) in [5.41, 5.74) is 1.28. The molecule has 5 nitrogen and oxygen atoms in total. The molecule has 22 heavy (non-hydrogen) atoms. The standard InChI is InChI=1S/C16H14N2O3S/c19-15-4-1-2-6-18(15)7-3-8-21-16(20)12-10-14-13(17-11-12)5-9-22-14/h1-2,4-6,9-11H,3,7-8H2. The molecule has 0 amide bonds. The maximum absolute atomic E-state index is 12.0. The smallest absolute Gasteiger partial charge is 0.339 e. The second kappa shape index (κ2) is 6.53. The van der Waals surface area contributed by atoms with Crippen molar-refractivity contribution in [1.82, 2.24) is 9.55 Å². The highest BCUT2D eigenvalue weighted by Gasteiger charge is 2.09. The van der Waals surface area contributed by atoms with Crippen LogP contribution < -0.4 is 5.56 Å². The summed E-state index contributed by atoms with van der Waals surface area (Å²) in [4.78, 5) is 27.7. The molecule has 0 aromatic carbocycles. The number of carbonyl (C=O) groups is 1. The number of esters is 1. The van der Waals surface area contributed by atoms with Gasteiger partial charge in [-0.05, 0) is 30.0 Å². The van der Waals surface area contributed by atoms with Crippen molar-refractivity contribution in [2.75, 3.05) is 6.61 Å². The molecule has 3 aromatic heterocycles. The van der Waals surface area contributed by atoms with E-state index >= 15 is 0 Å². The van der Waals surface area contributed by atoms with Crippen molar-refractivity contribution in [2.24, 2.45) is 0 Å². The Labute approximate surface area is 130 Å². The number of hydrogen-bond acceptors (Lipinski definition) is 5. The van der Waals surface area contributed by atoms with Crippen molar-refractivity contribution < 1.29 is 9.53 Å². The minimum Gasteiger partial charge on any atom is -0.462 e. The summed E-state index contributed by atoms with van der Waals surface area (Å²) in [5, 5.41) is 1.93. The first-order valence-corrected chi connectivity index (χ1v) is 7.78. The highest BCUT2D eigenvalue weighted by molar-refractivity contribution is 7.17. The first kappa shape index (κ1) is 14.5. The van der Waals surface area contributed by atoms with Crippen molar-refractivity contribution in [3.05, 3.63) is 64.0 Å². The molecule has 0 bridgehead atoms. The van der Waals surface area contributed by atoms with Gasteiger partial charge < -0.3 is 9.30 Å². The van der Waals surface area contributed by atoms with E-state index in [1.54, 1.807) is 29.0 Å². The Morgan fingerprint density at radius 2 is 2.23 bits per heavy atom. The molecule has 112 valence electrons. The number of hydrogen-bond donors (Lipinski definition) is 0. The molecule has 0 spiro atoms. The average molecular weight is 314 g/mol. The lowest BCUT2D eigenvalue weighted by Gasteiger charge is -2.06. The van der Waals surface area contributed by atoms with E-state index in [1.807, 2.05) is 11.4 Å². The zero-order chi connectivity index (χ0) is 15.4. The summed E-state index contributed by atoms with van der Waals surface area (Å²) in [6, 6.07) is 8.71. The minimum absolute atomic E-state index is 0.0545. The monoisotopic (exact) mass is 314 g/mol. The van der Waals surface area contributed by atoms with Crippen LogP contribution in [-0.4, -0.2) is 22.1 Å². The topological polar surface area (TPSA) is 61.2 Å². The van der Waals surface area contributed by atoms with Gasteiger partial charge in [0.1, 0.15) is 0 Å². The molecular weight excluding hydrogens is 300 g/mol. The lowest BCUT2D eigenvalue weighted by molar-refractivity contribution is 0.0495. The highest BCUT2D eigenvalue weighted by Crippen LogP contribution is 2.19. The van der Waals surface area contributed by atoms with Crippen LogP contribution in [0.2, 0.25) is 0 Å². The third kappa shape index (κ3) is 3.23. The number of carbonyl (C=O) groups excluding carboxylic acids is 1. The van der Waals surface area contributed by atoms with Crippen LogP contribution in [0.25, 0.3) is 10.2 Å². The Kier molecular flexibility index (Phi) is 4.29. The van der Waals surface area contributed by atoms with E-state index in [1.165, 1.54) is 23.6 Å². The van der Waals surface area contributed by atoms with E-state index < -0.39 is 0 Å². The molecule has 0 aliphatic carbocycles. The summed E-state index contributed by atoms with van der Waals surface area (Å²) >= 11 is 1.54. The summed E-state index contributed by atoms with van der Waals surface area (Å²) < 4.78 is 7.78. The SMILES string of the molecule is O=C(OCCCn1ccccc1=O)c1cnc2ccsc2c1. The molecule has 3 aromatic rings. The number of fused-ring (bicyclic) bond motifs is 1. The van der Waals surface area contributed by atoms with Gasteiger partial charge in [0.2, 0.25) is 5.56 Å². The Balaban J connectivity index is 1.54. The van der Waals surface area contributed by atoms with Gasteiger partial charge in [-0.2, -0.15) is 0 Å². The van der Waals surface area contributed by atoms with Gasteiger partial charge in [0.05, 0.1) is 22.4 Å². The maximum Gasteiger partial charge on any atom is 0.339 e. The van der Waals surface area contributed by atoms with Crippen molar-refractivity contribution in [3.8, 4) is 0 Å². The molecule has 0 aliphatic rings. The third-order valence-corrected chi connectivity index (χ3v) is 4.07. The number of aryl methyl sites for hydroxylation is 1. The molecule has 0 atom stereocenters. The van der Waals surface area contributed by atoms with Crippen molar-refractivity contribution in [3.63, 3.8) is 0 Å². The maximum atomic E-state index is 12.0. The van der Waals surface area contributed by atoms with Crippen molar-refractivity contribution >= 4 is 27.5 Å². The lowest BCUT2D eigenvalue weighted by atomic mass is 10.3. The predicted molar refractivity (Wildman–Crippen MR) is 85.2 cm³/mol. The number of nitrogens with zero attached hydrogens (tertiary/aromatic N) is 2. The molecular formula is C16H14N2O3S. The normalized spacial score (nSPS) is 10.7. The van der Waals surface area contributed by atoms with E-state index in [0.717, 1.165) is 10.2 Å². The number of ether oxygens (including phenoxy) is 1. The number of pyridine rings is 2. The minimum atomic E-state index is -0.386. The van der Waals surface area contributed by atoms with E-state index in [2.05, 4.69) is 4.98 Å². The zero-order valence-electron chi connectivity index (χ0n) is 11.8. The van der Waals surface area contributed by atoms with Crippen molar-refractivity contribution in [1.29, 1.82) is 0 Å². The number of aromatic nitrogens is 2. The van der Waals surface area contributed by atoms with E-state index in [0.29, 0.717) is 18.5 Å². The fraction of sp³-hybridized carbons (Fsp3) is 0.188.